The van der Waals surface area contributed by atoms with E-state index in [-0.39, 0.29) is 17.6 Å². The number of carbonyl (C=O) groups excluding carboxylic acids is 1. The minimum Gasteiger partial charge on any atom is -0.345 e. The van der Waals surface area contributed by atoms with E-state index >= 15 is 0 Å². The van der Waals surface area contributed by atoms with Gasteiger partial charge in [0.25, 0.3) is 11.6 Å². The molecule has 1 atom stereocenters. The van der Waals surface area contributed by atoms with Crippen molar-refractivity contribution in [2.24, 2.45) is 0 Å². The summed E-state index contributed by atoms with van der Waals surface area (Å²) in [6.07, 6.45) is 1.85. The van der Waals surface area contributed by atoms with Gasteiger partial charge in [-0.05, 0) is 36.1 Å². The summed E-state index contributed by atoms with van der Waals surface area (Å²) in [5.41, 5.74) is 2.85. The molecule has 0 unspecified atom stereocenters. The number of nitro groups is 1. The molecule has 0 heterocycles. The van der Waals surface area contributed by atoms with Crippen LogP contribution in [0, 0.1) is 10.1 Å². The quantitative estimate of drug-likeness (QED) is 0.694. The Hall–Kier alpha value is -2.69. The van der Waals surface area contributed by atoms with Gasteiger partial charge in [-0.15, -0.1) is 0 Å². The predicted molar refractivity (Wildman–Crippen MR) is 78.1 cm³/mol. The van der Waals surface area contributed by atoms with E-state index in [1.807, 2.05) is 18.2 Å². The fourth-order valence-corrected chi connectivity index (χ4v) is 2.68. The highest BCUT2D eigenvalue weighted by Crippen LogP contribution is 2.30. The molecule has 0 bridgehead atoms. The predicted octanol–water partition coefficient (Wildman–Crippen LogP) is 3.01. The Morgan fingerprint density at radius 2 is 1.86 bits per heavy atom. The lowest BCUT2D eigenvalue weighted by Gasteiger charge is -2.14. The van der Waals surface area contributed by atoms with E-state index in [2.05, 4.69) is 11.4 Å². The van der Waals surface area contributed by atoms with Gasteiger partial charge in [0, 0.05) is 17.7 Å². The van der Waals surface area contributed by atoms with E-state index in [1.165, 1.54) is 29.8 Å². The zero-order chi connectivity index (χ0) is 14.8. The second kappa shape index (κ2) is 5.36. The number of hydrogen-bond acceptors (Lipinski definition) is 3. The summed E-state index contributed by atoms with van der Waals surface area (Å²) in [5.74, 6) is -0.202. The molecule has 2 aromatic rings. The molecule has 0 aromatic heterocycles. The van der Waals surface area contributed by atoms with Crippen LogP contribution in [0.2, 0.25) is 0 Å². The number of aryl methyl sites for hydroxylation is 1. The van der Waals surface area contributed by atoms with Gasteiger partial charge < -0.3 is 5.32 Å². The molecule has 106 valence electrons. The Balaban J connectivity index is 1.74. The molecular weight excluding hydrogens is 268 g/mol. The van der Waals surface area contributed by atoms with Crippen molar-refractivity contribution in [3.8, 4) is 0 Å². The minimum atomic E-state index is -0.477. The molecule has 5 nitrogen and oxygen atoms in total. The van der Waals surface area contributed by atoms with Crippen LogP contribution in [0.4, 0.5) is 5.69 Å². The standard InChI is InChI=1S/C16H14N2O3/c19-16(12-5-8-13(9-6-12)18(20)21)17-15-10-7-11-3-1-2-4-14(11)15/h1-6,8-9,15H,7,10H2,(H,17,19)/t15-/m1/s1. The Labute approximate surface area is 121 Å². The molecule has 0 spiro atoms. The Morgan fingerprint density at radius 3 is 2.57 bits per heavy atom. The summed E-state index contributed by atoms with van der Waals surface area (Å²) in [6.45, 7) is 0. The number of hydrogen-bond donors (Lipinski definition) is 1. The van der Waals surface area contributed by atoms with Crippen LogP contribution in [0.5, 0.6) is 0 Å². The van der Waals surface area contributed by atoms with Crippen molar-refractivity contribution in [1.82, 2.24) is 5.32 Å². The summed E-state index contributed by atoms with van der Waals surface area (Å²) in [7, 11) is 0. The number of non-ortho nitro benzene ring substituents is 1. The molecular formula is C16H14N2O3. The lowest BCUT2D eigenvalue weighted by atomic mass is 10.1. The second-order valence-corrected chi connectivity index (χ2v) is 5.07. The fraction of sp³-hybridized carbons (Fsp3) is 0.188. The Morgan fingerprint density at radius 1 is 1.14 bits per heavy atom. The fourth-order valence-electron chi connectivity index (χ4n) is 2.68. The van der Waals surface area contributed by atoms with Crippen molar-refractivity contribution >= 4 is 11.6 Å². The van der Waals surface area contributed by atoms with E-state index in [4.69, 9.17) is 0 Å². The molecule has 0 saturated carbocycles. The lowest BCUT2D eigenvalue weighted by Crippen LogP contribution is -2.27. The van der Waals surface area contributed by atoms with Gasteiger partial charge in [0.2, 0.25) is 0 Å². The highest BCUT2D eigenvalue weighted by molar-refractivity contribution is 5.94. The maximum atomic E-state index is 12.2. The third-order valence-electron chi connectivity index (χ3n) is 3.78. The monoisotopic (exact) mass is 282 g/mol. The van der Waals surface area contributed by atoms with Crippen molar-refractivity contribution in [2.75, 3.05) is 0 Å². The van der Waals surface area contributed by atoms with Crippen LogP contribution in [0.15, 0.2) is 48.5 Å². The number of rotatable bonds is 3. The third kappa shape index (κ3) is 2.63. The molecule has 0 fully saturated rings. The van der Waals surface area contributed by atoms with Gasteiger partial charge in [0.1, 0.15) is 0 Å². The molecule has 1 amide bonds. The van der Waals surface area contributed by atoms with Gasteiger partial charge >= 0.3 is 0 Å². The van der Waals surface area contributed by atoms with Crippen LogP contribution in [0.3, 0.4) is 0 Å². The number of benzene rings is 2. The number of nitrogens with zero attached hydrogens (tertiary/aromatic N) is 1. The molecule has 5 heteroatoms. The van der Waals surface area contributed by atoms with Crippen molar-refractivity contribution in [2.45, 2.75) is 18.9 Å². The van der Waals surface area contributed by atoms with E-state index in [1.54, 1.807) is 0 Å². The van der Waals surface area contributed by atoms with Crippen LogP contribution < -0.4 is 5.32 Å². The van der Waals surface area contributed by atoms with Crippen LogP contribution in [0.25, 0.3) is 0 Å². The van der Waals surface area contributed by atoms with Crippen molar-refractivity contribution in [3.63, 3.8) is 0 Å². The van der Waals surface area contributed by atoms with Gasteiger partial charge in [0.05, 0.1) is 11.0 Å². The first-order chi connectivity index (χ1) is 10.1. The number of nitro benzene ring substituents is 1. The number of amides is 1. The number of carbonyl (C=O) groups is 1. The molecule has 1 aliphatic rings. The largest absolute Gasteiger partial charge is 0.345 e. The van der Waals surface area contributed by atoms with Crippen LogP contribution in [0.1, 0.15) is 33.9 Å². The van der Waals surface area contributed by atoms with E-state index < -0.39 is 4.92 Å². The van der Waals surface area contributed by atoms with Crippen LogP contribution >= 0.6 is 0 Å². The summed E-state index contributed by atoms with van der Waals surface area (Å²) < 4.78 is 0. The smallest absolute Gasteiger partial charge is 0.269 e. The first-order valence-electron chi connectivity index (χ1n) is 6.78. The number of nitrogens with one attached hydrogen (secondary N) is 1. The van der Waals surface area contributed by atoms with Crippen molar-refractivity contribution < 1.29 is 9.72 Å². The molecule has 1 aliphatic carbocycles. The summed E-state index contributed by atoms with van der Waals surface area (Å²) in [5, 5.41) is 13.6. The third-order valence-corrected chi connectivity index (χ3v) is 3.78. The maximum absolute atomic E-state index is 12.2. The highest BCUT2D eigenvalue weighted by Gasteiger charge is 2.23. The molecule has 3 rings (SSSR count). The SMILES string of the molecule is O=C(N[C@@H]1CCc2ccccc21)c1ccc([N+](=O)[O-])cc1. The summed E-state index contributed by atoms with van der Waals surface area (Å²) >= 11 is 0. The zero-order valence-electron chi connectivity index (χ0n) is 11.3. The van der Waals surface area contributed by atoms with Crippen molar-refractivity contribution in [1.29, 1.82) is 0 Å². The Kier molecular flexibility index (Phi) is 3.39. The molecule has 2 aromatic carbocycles. The normalized spacial score (nSPS) is 16.3. The summed E-state index contributed by atoms with van der Waals surface area (Å²) in [6, 6.07) is 13.7. The molecule has 0 aliphatic heterocycles. The van der Waals surface area contributed by atoms with Gasteiger partial charge in [-0.25, -0.2) is 0 Å². The van der Waals surface area contributed by atoms with Crippen molar-refractivity contribution in [3.05, 3.63) is 75.3 Å². The number of fused-ring (bicyclic) bond motifs is 1. The molecule has 0 radical (unpaired) electrons. The van der Waals surface area contributed by atoms with Gasteiger partial charge in [-0.3, -0.25) is 14.9 Å². The minimum absolute atomic E-state index is 0.0160. The van der Waals surface area contributed by atoms with E-state index in [9.17, 15) is 14.9 Å². The lowest BCUT2D eigenvalue weighted by molar-refractivity contribution is -0.384. The van der Waals surface area contributed by atoms with Gasteiger partial charge in [-0.2, -0.15) is 0 Å². The molecule has 21 heavy (non-hydrogen) atoms. The summed E-state index contributed by atoms with van der Waals surface area (Å²) in [4.78, 5) is 22.3. The maximum Gasteiger partial charge on any atom is 0.269 e. The topological polar surface area (TPSA) is 72.2 Å². The first-order valence-corrected chi connectivity index (χ1v) is 6.78. The first kappa shape index (κ1) is 13.3. The average molecular weight is 282 g/mol. The van der Waals surface area contributed by atoms with Gasteiger partial charge in [0.15, 0.2) is 0 Å². The zero-order valence-corrected chi connectivity index (χ0v) is 11.3. The van der Waals surface area contributed by atoms with Gasteiger partial charge in [-0.1, -0.05) is 24.3 Å². The molecule has 1 N–H and O–H groups in total. The molecule has 0 saturated heterocycles. The van der Waals surface area contributed by atoms with Crippen LogP contribution in [-0.4, -0.2) is 10.8 Å². The van der Waals surface area contributed by atoms with Crippen LogP contribution in [-0.2, 0) is 6.42 Å². The average Bonchev–Trinajstić information content (AvgIpc) is 2.91. The van der Waals surface area contributed by atoms with E-state index in [0.29, 0.717) is 5.56 Å². The Bertz CT molecular complexity index is 695. The highest BCUT2D eigenvalue weighted by atomic mass is 16.6. The second-order valence-electron chi connectivity index (χ2n) is 5.07. The van der Waals surface area contributed by atoms with E-state index in [0.717, 1.165) is 18.4 Å².